The van der Waals surface area contributed by atoms with Gasteiger partial charge in [0.15, 0.2) is 0 Å². The van der Waals surface area contributed by atoms with E-state index in [1.54, 1.807) is 12.4 Å². The third-order valence-electron chi connectivity index (χ3n) is 3.32. The van der Waals surface area contributed by atoms with Crippen molar-refractivity contribution in [1.82, 2.24) is 15.6 Å². The summed E-state index contributed by atoms with van der Waals surface area (Å²) >= 11 is 0. The molecule has 4 heteroatoms. The van der Waals surface area contributed by atoms with Crippen molar-refractivity contribution in [2.45, 2.75) is 38.3 Å². The van der Waals surface area contributed by atoms with Crippen LogP contribution in [-0.2, 0) is 11.3 Å². The molecule has 1 aromatic heterocycles. The number of hydrogen-bond donors (Lipinski definition) is 2. The highest BCUT2D eigenvalue weighted by molar-refractivity contribution is 5.85. The molecule has 1 saturated heterocycles. The molecule has 0 aliphatic carbocycles. The Kier molecular flexibility index (Phi) is 3.74. The summed E-state index contributed by atoms with van der Waals surface area (Å²) in [6.45, 7) is 3.48. The molecule has 1 atom stereocenters. The first-order valence-corrected chi connectivity index (χ1v) is 6.13. The fourth-order valence-corrected chi connectivity index (χ4v) is 2.13. The molecule has 92 valence electrons. The van der Waals surface area contributed by atoms with Crippen molar-refractivity contribution in [3.8, 4) is 0 Å². The van der Waals surface area contributed by atoms with E-state index in [4.69, 9.17) is 0 Å². The fourth-order valence-electron chi connectivity index (χ4n) is 2.13. The molecular weight excluding hydrogens is 214 g/mol. The highest BCUT2D eigenvalue weighted by Crippen LogP contribution is 2.18. The number of carbonyl (C=O) groups is 1. The Morgan fingerprint density at radius 2 is 2.24 bits per heavy atom. The van der Waals surface area contributed by atoms with Gasteiger partial charge in [-0.3, -0.25) is 9.78 Å². The Morgan fingerprint density at radius 3 is 2.88 bits per heavy atom. The van der Waals surface area contributed by atoms with E-state index in [2.05, 4.69) is 15.6 Å². The van der Waals surface area contributed by atoms with Crippen LogP contribution in [0.15, 0.2) is 24.5 Å². The maximum atomic E-state index is 12.1. The predicted octanol–water partition coefficient (Wildman–Crippen LogP) is 1.23. The number of hydrogen-bond acceptors (Lipinski definition) is 3. The van der Waals surface area contributed by atoms with Crippen molar-refractivity contribution >= 4 is 5.91 Å². The maximum Gasteiger partial charge on any atom is 0.240 e. The molecule has 0 radical (unpaired) electrons. The van der Waals surface area contributed by atoms with Gasteiger partial charge in [0.25, 0.3) is 0 Å². The van der Waals surface area contributed by atoms with Crippen molar-refractivity contribution in [1.29, 1.82) is 0 Å². The summed E-state index contributed by atoms with van der Waals surface area (Å²) in [7, 11) is 0. The largest absolute Gasteiger partial charge is 0.350 e. The van der Waals surface area contributed by atoms with Gasteiger partial charge >= 0.3 is 0 Å². The van der Waals surface area contributed by atoms with Crippen molar-refractivity contribution in [3.63, 3.8) is 0 Å². The Morgan fingerprint density at radius 1 is 1.47 bits per heavy atom. The Balaban J connectivity index is 1.88. The second-order valence-electron chi connectivity index (χ2n) is 4.75. The van der Waals surface area contributed by atoms with Crippen molar-refractivity contribution in [3.05, 3.63) is 30.1 Å². The number of carbonyl (C=O) groups excluding carboxylic acids is 1. The lowest BCUT2D eigenvalue weighted by molar-refractivity contribution is -0.128. The number of rotatable bonds is 3. The van der Waals surface area contributed by atoms with E-state index in [0.29, 0.717) is 6.54 Å². The van der Waals surface area contributed by atoms with Crippen LogP contribution in [0.1, 0.15) is 31.7 Å². The minimum atomic E-state index is -0.398. The molecule has 2 N–H and O–H groups in total. The molecule has 1 fully saturated rings. The molecule has 2 heterocycles. The smallest absolute Gasteiger partial charge is 0.240 e. The van der Waals surface area contributed by atoms with E-state index in [1.165, 1.54) is 0 Å². The van der Waals surface area contributed by atoms with E-state index in [9.17, 15) is 4.79 Å². The summed E-state index contributed by atoms with van der Waals surface area (Å²) in [4.78, 5) is 16.1. The quantitative estimate of drug-likeness (QED) is 0.825. The molecule has 1 unspecified atom stereocenters. The van der Waals surface area contributed by atoms with Crippen LogP contribution in [0.25, 0.3) is 0 Å². The lowest BCUT2D eigenvalue weighted by atomic mass is 9.90. The molecule has 1 aliphatic rings. The number of aromatic nitrogens is 1. The van der Waals surface area contributed by atoms with E-state index in [0.717, 1.165) is 31.4 Å². The zero-order chi connectivity index (χ0) is 12.1. The van der Waals surface area contributed by atoms with Gasteiger partial charge in [-0.05, 0) is 50.4 Å². The van der Waals surface area contributed by atoms with Gasteiger partial charge in [-0.25, -0.2) is 0 Å². The SMILES string of the molecule is CC1(C(=O)NCc2ccncc2)CCCCN1. The molecule has 0 saturated carbocycles. The maximum absolute atomic E-state index is 12.1. The third kappa shape index (κ3) is 3.03. The van der Waals surface area contributed by atoms with E-state index >= 15 is 0 Å². The summed E-state index contributed by atoms with van der Waals surface area (Å²) in [5, 5.41) is 6.29. The first-order chi connectivity index (χ1) is 8.21. The van der Waals surface area contributed by atoms with Gasteiger partial charge in [0, 0.05) is 18.9 Å². The zero-order valence-electron chi connectivity index (χ0n) is 10.2. The fraction of sp³-hybridized carbons (Fsp3) is 0.538. The van der Waals surface area contributed by atoms with Crippen LogP contribution in [0.4, 0.5) is 0 Å². The molecule has 1 amide bonds. The van der Waals surface area contributed by atoms with Crippen LogP contribution in [0.2, 0.25) is 0 Å². The Bertz CT molecular complexity index is 372. The van der Waals surface area contributed by atoms with E-state index < -0.39 is 5.54 Å². The molecule has 1 aromatic rings. The molecule has 4 nitrogen and oxygen atoms in total. The summed E-state index contributed by atoms with van der Waals surface area (Å²) in [6, 6.07) is 3.83. The lowest BCUT2D eigenvalue weighted by Gasteiger charge is -2.33. The molecule has 1 aliphatic heterocycles. The first-order valence-electron chi connectivity index (χ1n) is 6.13. The van der Waals surface area contributed by atoms with Gasteiger partial charge in [-0.1, -0.05) is 0 Å². The predicted molar refractivity (Wildman–Crippen MR) is 66.3 cm³/mol. The molecule has 2 rings (SSSR count). The topological polar surface area (TPSA) is 54.0 Å². The van der Waals surface area contributed by atoms with E-state index in [-0.39, 0.29) is 5.91 Å². The van der Waals surface area contributed by atoms with Gasteiger partial charge in [-0.2, -0.15) is 0 Å². The van der Waals surface area contributed by atoms with Crippen LogP contribution in [0.3, 0.4) is 0 Å². The second kappa shape index (κ2) is 5.27. The average Bonchev–Trinajstić information content (AvgIpc) is 2.38. The molecular formula is C13H19N3O. The normalized spacial score (nSPS) is 24.3. The van der Waals surface area contributed by atoms with Gasteiger partial charge in [0.2, 0.25) is 5.91 Å². The number of piperidine rings is 1. The van der Waals surface area contributed by atoms with Crippen LogP contribution < -0.4 is 10.6 Å². The highest BCUT2D eigenvalue weighted by Gasteiger charge is 2.33. The van der Waals surface area contributed by atoms with Crippen molar-refractivity contribution < 1.29 is 4.79 Å². The zero-order valence-corrected chi connectivity index (χ0v) is 10.2. The summed E-state index contributed by atoms with van der Waals surface area (Å²) < 4.78 is 0. The van der Waals surface area contributed by atoms with Crippen LogP contribution in [0, 0.1) is 0 Å². The van der Waals surface area contributed by atoms with Gasteiger partial charge < -0.3 is 10.6 Å². The number of pyridine rings is 1. The summed E-state index contributed by atoms with van der Waals surface area (Å²) in [5.74, 6) is 0.0917. The Labute approximate surface area is 102 Å². The number of amides is 1. The monoisotopic (exact) mass is 233 g/mol. The van der Waals surface area contributed by atoms with E-state index in [1.807, 2.05) is 19.1 Å². The molecule has 17 heavy (non-hydrogen) atoms. The van der Waals surface area contributed by atoms with Crippen molar-refractivity contribution in [2.75, 3.05) is 6.54 Å². The minimum absolute atomic E-state index is 0.0917. The number of nitrogens with one attached hydrogen (secondary N) is 2. The van der Waals surface area contributed by atoms with Crippen LogP contribution >= 0.6 is 0 Å². The van der Waals surface area contributed by atoms with Gasteiger partial charge in [-0.15, -0.1) is 0 Å². The molecule has 0 aromatic carbocycles. The van der Waals surface area contributed by atoms with Gasteiger partial charge in [0.05, 0.1) is 5.54 Å². The van der Waals surface area contributed by atoms with Crippen LogP contribution in [-0.4, -0.2) is 23.0 Å². The second-order valence-corrected chi connectivity index (χ2v) is 4.75. The number of nitrogens with zero attached hydrogens (tertiary/aromatic N) is 1. The lowest BCUT2D eigenvalue weighted by Crippen LogP contribution is -2.56. The Hall–Kier alpha value is -1.42. The van der Waals surface area contributed by atoms with Gasteiger partial charge in [0.1, 0.15) is 0 Å². The molecule has 0 spiro atoms. The molecule has 0 bridgehead atoms. The summed E-state index contributed by atoms with van der Waals surface area (Å²) in [6.07, 6.45) is 6.67. The average molecular weight is 233 g/mol. The van der Waals surface area contributed by atoms with Crippen molar-refractivity contribution in [2.24, 2.45) is 0 Å². The highest BCUT2D eigenvalue weighted by atomic mass is 16.2. The first kappa shape index (κ1) is 12.0. The standard InChI is InChI=1S/C13H19N3O/c1-13(6-2-3-7-16-13)12(17)15-10-11-4-8-14-9-5-11/h4-5,8-9,16H,2-3,6-7,10H2,1H3,(H,15,17). The van der Waals surface area contributed by atoms with Crippen LogP contribution in [0.5, 0.6) is 0 Å². The third-order valence-corrected chi connectivity index (χ3v) is 3.32. The summed E-state index contributed by atoms with van der Waals surface area (Å²) in [5.41, 5.74) is 0.679. The minimum Gasteiger partial charge on any atom is -0.350 e.